The van der Waals surface area contributed by atoms with Crippen LogP contribution in [-0.4, -0.2) is 42.4 Å². The van der Waals surface area contributed by atoms with Crippen molar-refractivity contribution in [3.8, 4) is 0 Å². The molecule has 0 aromatic heterocycles. The van der Waals surface area contributed by atoms with Crippen molar-refractivity contribution >= 4 is 22.6 Å². The summed E-state index contributed by atoms with van der Waals surface area (Å²) >= 11 is 2.33. The first-order valence-electron chi connectivity index (χ1n) is 6.47. The highest BCUT2D eigenvalue weighted by Gasteiger charge is 2.19. The number of piperidine rings is 1. The van der Waals surface area contributed by atoms with Crippen LogP contribution in [0.4, 0.5) is 0 Å². The van der Waals surface area contributed by atoms with E-state index in [0.29, 0.717) is 12.7 Å². The third kappa shape index (κ3) is 4.50. The molecule has 1 aromatic carbocycles. The molecule has 0 radical (unpaired) electrons. The predicted molar refractivity (Wildman–Crippen MR) is 80.5 cm³/mol. The van der Waals surface area contributed by atoms with Crippen LogP contribution in [0.15, 0.2) is 24.3 Å². The van der Waals surface area contributed by atoms with E-state index >= 15 is 0 Å². The molecule has 0 bridgehead atoms. The van der Waals surface area contributed by atoms with Gasteiger partial charge in [0, 0.05) is 23.2 Å². The van der Waals surface area contributed by atoms with Crippen LogP contribution in [0, 0.1) is 3.57 Å². The highest BCUT2D eigenvalue weighted by molar-refractivity contribution is 14.1. The van der Waals surface area contributed by atoms with Crippen LogP contribution in [-0.2, 0) is 11.3 Å². The van der Waals surface area contributed by atoms with Gasteiger partial charge in [0.2, 0.25) is 0 Å². The van der Waals surface area contributed by atoms with E-state index in [4.69, 9.17) is 9.84 Å². The Morgan fingerprint density at radius 2 is 1.89 bits per heavy atom. The fraction of sp³-hybridized carbons (Fsp3) is 0.571. The van der Waals surface area contributed by atoms with Crippen LogP contribution in [0.2, 0.25) is 0 Å². The standard InChI is InChI=1S/C14H20INO2/c15-13-3-1-12(2-4-13)11-16-7-5-14(6-8-16)18-10-9-17/h1-4,14,17H,5-11H2. The zero-order valence-corrected chi connectivity index (χ0v) is 12.7. The number of likely N-dealkylation sites (tertiary alicyclic amines) is 1. The molecule has 0 amide bonds. The topological polar surface area (TPSA) is 32.7 Å². The van der Waals surface area contributed by atoms with Gasteiger partial charge in [0.15, 0.2) is 0 Å². The highest BCUT2D eigenvalue weighted by Crippen LogP contribution is 2.16. The molecule has 0 spiro atoms. The van der Waals surface area contributed by atoms with Gasteiger partial charge in [0.05, 0.1) is 19.3 Å². The van der Waals surface area contributed by atoms with Crippen LogP contribution in [0.1, 0.15) is 18.4 Å². The lowest BCUT2D eigenvalue weighted by Crippen LogP contribution is -2.36. The largest absolute Gasteiger partial charge is 0.394 e. The van der Waals surface area contributed by atoms with E-state index in [2.05, 4.69) is 51.8 Å². The molecule has 0 atom stereocenters. The molecule has 0 unspecified atom stereocenters. The van der Waals surface area contributed by atoms with Gasteiger partial charge in [-0.15, -0.1) is 0 Å². The van der Waals surface area contributed by atoms with E-state index in [-0.39, 0.29) is 6.61 Å². The van der Waals surface area contributed by atoms with E-state index in [9.17, 15) is 0 Å². The number of hydrogen-bond acceptors (Lipinski definition) is 3. The first-order chi connectivity index (χ1) is 8.78. The van der Waals surface area contributed by atoms with Gasteiger partial charge < -0.3 is 9.84 Å². The molecule has 18 heavy (non-hydrogen) atoms. The number of ether oxygens (including phenoxy) is 1. The number of aliphatic hydroxyl groups excluding tert-OH is 1. The number of nitrogens with zero attached hydrogens (tertiary/aromatic N) is 1. The van der Waals surface area contributed by atoms with Crippen molar-refractivity contribution in [2.45, 2.75) is 25.5 Å². The Hall–Kier alpha value is -0.170. The molecule has 1 fully saturated rings. The van der Waals surface area contributed by atoms with Gasteiger partial charge in [-0.25, -0.2) is 0 Å². The third-order valence-corrected chi connectivity index (χ3v) is 4.02. The quantitative estimate of drug-likeness (QED) is 0.817. The van der Waals surface area contributed by atoms with Crippen LogP contribution in [0.25, 0.3) is 0 Å². The summed E-state index contributed by atoms with van der Waals surface area (Å²) in [5, 5.41) is 8.73. The predicted octanol–water partition coefficient (Wildman–Crippen LogP) is 2.26. The van der Waals surface area contributed by atoms with E-state index in [1.807, 2.05) is 0 Å². The van der Waals surface area contributed by atoms with Crippen molar-refractivity contribution in [1.82, 2.24) is 4.90 Å². The molecule has 2 rings (SSSR count). The SMILES string of the molecule is OCCOC1CCN(Cc2ccc(I)cc2)CC1. The summed E-state index contributed by atoms with van der Waals surface area (Å²) in [7, 11) is 0. The minimum Gasteiger partial charge on any atom is -0.394 e. The molecule has 1 aliphatic heterocycles. The minimum atomic E-state index is 0.128. The van der Waals surface area contributed by atoms with Gasteiger partial charge in [-0.3, -0.25) is 4.90 Å². The maximum Gasteiger partial charge on any atom is 0.0701 e. The minimum absolute atomic E-state index is 0.128. The monoisotopic (exact) mass is 361 g/mol. The normalized spacial score (nSPS) is 18.1. The van der Waals surface area contributed by atoms with E-state index < -0.39 is 0 Å². The Kier molecular flexibility index (Phi) is 5.88. The highest BCUT2D eigenvalue weighted by atomic mass is 127. The molecular formula is C14H20INO2. The zero-order chi connectivity index (χ0) is 12.8. The Morgan fingerprint density at radius 3 is 2.50 bits per heavy atom. The van der Waals surface area contributed by atoms with Gasteiger partial charge >= 0.3 is 0 Å². The molecular weight excluding hydrogens is 341 g/mol. The van der Waals surface area contributed by atoms with Crippen molar-refractivity contribution in [2.75, 3.05) is 26.3 Å². The molecule has 0 saturated carbocycles. The summed E-state index contributed by atoms with van der Waals surface area (Å²) < 4.78 is 6.85. The number of rotatable bonds is 5. The number of aliphatic hydroxyl groups is 1. The average Bonchev–Trinajstić information content (AvgIpc) is 2.41. The van der Waals surface area contributed by atoms with Crippen LogP contribution in [0.3, 0.4) is 0 Å². The lowest BCUT2D eigenvalue weighted by Gasteiger charge is -2.31. The first-order valence-corrected chi connectivity index (χ1v) is 7.55. The number of benzene rings is 1. The second-order valence-electron chi connectivity index (χ2n) is 4.70. The molecule has 0 aliphatic carbocycles. The summed E-state index contributed by atoms with van der Waals surface area (Å²) in [6.07, 6.45) is 2.49. The van der Waals surface area contributed by atoms with Crippen LogP contribution < -0.4 is 0 Å². The molecule has 1 aliphatic rings. The van der Waals surface area contributed by atoms with Gasteiger partial charge in [-0.1, -0.05) is 12.1 Å². The summed E-state index contributed by atoms with van der Waals surface area (Å²) in [5.41, 5.74) is 1.38. The Labute approximate surface area is 122 Å². The first kappa shape index (κ1) is 14.2. The molecule has 4 heteroatoms. The van der Waals surface area contributed by atoms with Crippen molar-refractivity contribution in [3.63, 3.8) is 0 Å². The Morgan fingerprint density at radius 1 is 1.22 bits per heavy atom. The van der Waals surface area contributed by atoms with Crippen molar-refractivity contribution in [3.05, 3.63) is 33.4 Å². The van der Waals surface area contributed by atoms with Crippen molar-refractivity contribution in [1.29, 1.82) is 0 Å². The van der Waals surface area contributed by atoms with Crippen molar-refractivity contribution in [2.24, 2.45) is 0 Å². The van der Waals surface area contributed by atoms with Crippen LogP contribution >= 0.6 is 22.6 Å². The third-order valence-electron chi connectivity index (χ3n) is 3.30. The van der Waals surface area contributed by atoms with Gasteiger partial charge in [0.1, 0.15) is 0 Å². The summed E-state index contributed by atoms with van der Waals surface area (Å²) in [6, 6.07) is 8.73. The zero-order valence-electron chi connectivity index (χ0n) is 10.5. The maximum atomic E-state index is 8.73. The van der Waals surface area contributed by atoms with E-state index in [1.54, 1.807) is 0 Å². The second kappa shape index (κ2) is 7.43. The number of halogens is 1. The van der Waals surface area contributed by atoms with Gasteiger partial charge in [-0.2, -0.15) is 0 Å². The molecule has 1 aromatic rings. The Balaban J connectivity index is 1.74. The lowest BCUT2D eigenvalue weighted by molar-refractivity contribution is -0.00901. The van der Waals surface area contributed by atoms with Gasteiger partial charge in [0.25, 0.3) is 0 Å². The molecule has 3 nitrogen and oxygen atoms in total. The molecule has 1 saturated heterocycles. The van der Waals surface area contributed by atoms with Crippen LogP contribution in [0.5, 0.6) is 0 Å². The fourth-order valence-corrected chi connectivity index (χ4v) is 2.66. The van der Waals surface area contributed by atoms with E-state index in [0.717, 1.165) is 32.5 Å². The van der Waals surface area contributed by atoms with Gasteiger partial charge in [-0.05, 0) is 53.1 Å². The van der Waals surface area contributed by atoms with E-state index in [1.165, 1.54) is 9.13 Å². The molecule has 1 heterocycles. The Bertz CT molecular complexity index is 347. The lowest BCUT2D eigenvalue weighted by atomic mass is 10.1. The smallest absolute Gasteiger partial charge is 0.0701 e. The fourth-order valence-electron chi connectivity index (χ4n) is 2.30. The summed E-state index contributed by atoms with van der Waals surface area (Å²) in [5.74, 6) is 0. The van der Waals surface area contributed by atoms with Crippen molar-refractivity contribution < 1.29 is 9.84 Å². The summed E-state index contributed by atoms with van der Waals surface area (Å²) in [6.45, 7) is 3.80. The maximum absolute atomic E-state index is 8.73. The molecule has 1 N–H and O–H groups in total. The summed E-state index contributed by atoms with van der Waals surface area (Å²) in [4.78, 5) is 2.47. The number of hydrogen-bond donors (Lipinski definition) is 1. The molecule has 100 valence electrons. The second-order valence-corrected chi connectivity index (χ2v) is 5.94. The average molecular weight is 361 g/mol.